The van der Waals surface area contributed by atoms with Gasteiger partial charge in [0, 0.05) is 11.3 Å². The molecule has 2 atom stereocenters. The highest BCUT2D eigenvalue weighted by molar-refractivity contribution is 6.21. The summed E-state index contributed by atoms with van der Waals surface area (Å²) in [4.78, 5) is 0. The Kier molecular flexibility index (Phi) is 2.20. The molecular weight excluding hydrogens is 192 g/mol. The Bertz CT molecular complexity index is 311. The maximum absolute atomic E-state index is 6.44. The normalized spacial score (nSPS) is 36.5. The van der Waals surface area contributed by atoms with E-state index in [2.05, 4.69) is 6.08 Å². The summed E-state index contributed by atoms with van der Waals surface area (Å²) in [6.07, 6.45) is 11.7. The molecule has 0 bridgehead atoms. The van der Waals surface area contributed by atoms with Crippen LogP contribution in [-0.2, 0) is 0 Å². The zero-order valence-electron chi connectivity index (χ0n) is 8.56. The molecule has 0 aromatic heterocycles. The molecule has 0 saturated heterocycles. The lowest BCUT2D eigenvalue weighted by atomic mass is 9.81. The molecule has 0 heterocycles. The van der Waals surface area contributed by atoms with Gasteiger partial charge in [-0.3, -0.25) is 0 Å². The Labute approximate surface area is 91.0 Å². The predicted octanol–water partition coefficient (Wildman–Crippen LogP) is 4.20. The molecule has 1 saturated carbocycles. The molecule has 0 nitrogen and oxygen atoms in total. The second kappa shape index (κ2) is 3.41. The highest BCUT2D eigenvalue weighted by atomic mass is 35.5. The quantitative estimate of drug-likeness (QED) is 0.567. The van der Waals surface area contributed by atoms with Gasteiger partial charge in [-0.15, -0.1) is 11.6 Å². The Hall–Kier alpha value is -0.230. The SMILES string of the molecule is ClC1CCCCC1C1=CCCC2=C1C2. The third-order valence-corrected chi connectivity index (χ3v) is 4.45. The van der Waals surface area contributed by atoms with Crippen molar-refractivity contribution in [3.05, 3.63) is 22.8 Å². The van der Waals surface area contributed by atoms with Crippen LogP contribution in [0.5, 0.6) is 0 Å². The van der Waals surface area contributed by atoms with Gasteiger partial charge in [-0.05, 0) is 43.3 Å². The predicted molar refractivity (Wildman–Crippen MR) is 60.6 cm³/mol. The van der Waals surface area contributed by atoms with E-state index in [4.69, 9.17) is 11.6 Å². The van der Waals surface area contributed by atoms with E-state index < -0.39 is 0 Å². The third kappa shape index (κ3) is 1.44. The summed E-state index contributed by atoms with van der Waals surface area (Å²) in [6, 6.07) is 0. The van der Waals surface area contributed by atoms with Gasteiger partial charge in [-0.1, -0.05) is 24.5 Å². The van der Waals surface area contributed by atoms with Crippen LogP contribution >= 0.6 is 11.6 Å². The Morgan fingerprint density at radius 1 is 1.21 bits per heavy atom. The summed E-state index contributed by atoms with van der Waals surface area (Å²) in [5, 5.41) is 0.419. The number of rotatable bonds is 1. The zero-order valence-corrected chi connectivity index (χ0v) is 9.32. The number of hydrogen-bond acceptors (Lipinski definition) is 0. The summed E-state index contributed by atoms with van der Waals surface area (Å²) < 4.78 is 0. The van der Waals surface area contributed by atoms with Crippen LogP contribution in [0.25, 0.3) is 0 Å². The van der Waals surface area contributed by atoms with E-state index in [-0.39, 0.29) is 0 Å². The zero-order chi connectivity index (χ0) is 9.54. The molecule has 0 aromatic carbocycles. The van der Waals surface area contributed by atoms with Crippen molar-refractivity contribution in [3.63, 3.8) is 0 Å². The summed E-state index contributed by atoms with van der Waals surface area (Å²) in [7, 11) is 0. The van der Waals surface area contributed by atoms with Gasteiger partial charge in [-0.25, -0.2) is 0 Å². The van der Waals surface area contributed by atoms with Crippen LogP contribution in [0.2, 0.25) is 0 Å². The van der Waals surface area contributed by atoms with E-state index >= 15 is 0 Å². The lowest BCUT2D eigenvalue weighted by Gasteiger charge is -2.29. The van der Waals surface area contributed by atoms with Gasteiger partial charge in [0.2, 0.25) is 0 Å². The van der Waals surface area contributed by atoms with Crippen molar-refractivity contribution < 1.29 is 0 Å². The molecule has 0 amide bonds. The molecule has 0 radical (unpaired) electrons. The van der Waals surface area contributed by atoms with Crippen LogP contribution in [0.15, 0.2) is 22.8 Å². The number of alkyl halides is 1. The van der Waals surface area contributed by atoms with Crippen LogP contribution in [0, 0.1) is 5.92 Å². The minimum atomic E-state index is 0.419. The first kappa shape index (κ1) is 9.03. The molecule has 3 aliphatic carbocycles. The minimum Gasteiger partial charge on any atom is -0.122 e. The Balaban J connectivity index is 1.80. The maximum Gasteiger partial charge on any atom is 0.0404 e. The second-order valence-corrected chi connectivity index (χ2v) is 5.42. The molecule has 0 spiro atoms. The van der Waals surface area contributed by atoms with Crippen molar-refractivity contribution >= 4 is 11.6 Å². The van der Waals surface area contributed by atoms with Gasteiger partial charge in [0.05, 0.1) is 0 Å². The summed E-state index contributed by atoms with van der Waals surface area (Å²) in [5.41, 5.74) is 5.07. The molecule has 0 aromatic rings. The van der Waals surface area contributed by atoms with E-state index in [1.165, 1.54) is 44.9 Å². The van der Waals surface area contributed by atoms with E-state index in [0.717, 1.165) is 0 Å². The molecular formula is C13H17Cl. The van der Waals surface area contributed by atoms with Crippen molar-refractivity contribution in [2.45, 2.75) is 50.3 Å². The van der Waals surface area contributed by atoms with Crippen LogP contribution in [0.3, 0.4) is 0 Å². The fourth-order valence-electron chi connectivity index (χ4n) is 3.05. The molecule has 2 unspecified atom stereocenters. The van der Waals surface area contributed by atoms with Gasteiger partial charge in [0.15, 0.2) is 0 Å². The second-order valence-electron chi connectivity index (χ2n) is 4.86. The number of allylic oxidation sites excluding steroid dienone is 4. The van der Waals surface area contributed by atoms with E-state index in [1.807, 2.05) is 0 Å². The molecule has 0 aliphatic heterocycles. The summed E-state index contributed by atoms with van der Waals surface area (Å²) in [6.45, 7) is 0. The lowest BCUT2D eigenvalue weighted by molar-refractivity contribution is 0.413. The van der Waals surface area contributed by atoms with Crippen molar-refractivity contribution in [3.8, 4) is 0 Å². The average Bonchev–Trinajstić information content (AvgIpc) is 2.97. The lowest BCUT2D eigenvalue weighted by Crippen LogP contribution is -2.21. The molecule has 76 valence electrons. The maximum atomic E-state index is 6.44. The van der Waals surface area contributed by atoms with Crippen LogP contribution in [0.4, 0.5) is 0 Å². The molecule has 1 heteroatoms. The van der Waals surface area contributed by atoms with Gasteiger partial charge in [0.25, 0.3) is 0 Å². The van der Waals surface area contributed by atoms with E-state index in [0.29, 0.717) is 11.3 Å². The van der Waals surface area contributed by atoms with Crippen LogP contribution < -0.4 is 0 Å². The van der Waals surface area contributed by atoms with Crippen molar-refractivity contribution in [2.24, 2.45) is 5.92 Å². The highest BCUT2D eigenvalue weighted by Crippen LogP contribution is 2.49. The summed E-state index contributed by atoms with van der Waals surface area (Å²) in [5.74, 6) is 0.693. The molecule has 14 heavy (non-hydrogen) atoms. The number of hydrogen-bond donors (Lipinski definition) is 0. The first-order valence-corrected chi connectivity index (χ1v) is 6.35. The Morgan fingerprint density at radius 2 is 2.07 bits per heavy atom. The molecule has 1 fully saturated rings. The molecule has 3 aliphatic rings. The molecule has 0 N–H and O–H groups in total. The number of halogens is 1. The fourth-order valence-corrected chi connectivity index (χ4v) is 3.47. The topological polar surface area (TPSA) is 0 Å². The monoisotopic (exact) mass is 208 g/mol. The van der Waals surface area contributed by atoms with Crippen LogP contribution in [0.1, 0.15) is 44.9 Å². The van der Waals surface area contributed by atoms with Gasteiger partial charge in [0.1, 0.15) is 0 Å². The van der Waals surface area contributed by atoms with Gasteiger partial charge >= 0.3 is 0 Å². The van der Waals surface area contributed by atoms with Crippen molar-refractivity contribution in [2.75, 3.05) is 0 Å². The largest absolute Gasteiger partial charge is 0.122 e. The van der Waals surface area contributed by atoms with Crippen molar-refractivity contribution in [1.29, 1.82) is 0 Å². The first-order valence-electron chi connectivity index (χ1n) is 5.91. The molecule has 3 rings (SSSR count). The highest BCUT2D eigenvalue weighted by Gasteiger charge is 2.35. The van der Waals surface area contributed by atoms with E-state index in [1.54, 1.807) is 16.7 Å². The van der Waals surface area contributed by atoms with Crippen LogP contribution in [-0.4, -0.2) is 5.38 Å². The Morgan fingerprint density at radius 3 is 2.93 bits per heavy atom. The van der Waals surface area contributed by atoms with Crippen molar-refractivity contribution in [1.82, 2.24) is 0 Å². The average molecular weight is 209 g/mol. The summed E-state index contributed by atoms with van der Waals surface area (Å²) >= 11 is 6.44. The van der Waals surface area contributed by atoms with E-state index in [9.17, 15) is 0 Å². The third-order valence-electron chi connectivity index (χ3n) is 3.93. The van der Waals surface area contributed by atoms with Gasteiger partial charge < -0.3 is 0 Å². The fraction of sp³-hybridized carbons (Fsp3) is 0.692. The minimum absolute atomic E-state index is 0.419. The smallest absolute Gasteiger partial charge is 0.0404 e. The van der Waals surface area contributed by atoms with Gasteiger partial charge in [-0.2, -0.15) is 0 Å². The standard InChI is InChI=1S/C13H17Cl/c14-13-7-2-1-5-11(13)10-6-3-4-9-8-12(9)10/h6,11,13H,1-5,7-8H2. The first-order chi connectivity index (χ1) is 6.86.